The normalized spacial score (nSPS) is 18.5. The van der Waals surface area contributed by atoms with Gasteiger partial charge in [-0.05, 0) is 39.5 Å². The molecule has 0 spiro atoms. The average molecular weight is 292 g/mol. The van der Waals surface area contributed by atoms with Gasteiger partial charge in [-0.25, -0.2) is 9.97 Å². The van der Waals surface area contributed by atoms with Crippen molar-refractivity contribution in [2.45, 2.75) is 59.0 Å². The van der Waals surface area contributed by atoms with Crippen LogP contribution >= 0.6 is 0 Å². The Balaban J connectivity index is 1.95. The molecule has 0 aliphatic carbocycles. The van der Waals surface area contributed by atoms with E-state index >= 15 is 0 Å². The molecule has 5 nitrogen and oxygen atoms in total. The minimum Gasteiger partial charge on any atom is -0.378 e. The van der Waals surface area contributed by atoms with Gasteiger partial charge in [-0.1, -0.05) is 6.92 Å². The fourth-order valence-electron chi connectivity index (χ4n) is 2.62. The summed E-state index contributed by atoms with van der Waals surface area (Å²) in [4.78, 5) is 9.17. The van der Waals surface area contributed by atoms with Gasteiger partial charge in [0, 0.05) is 31.7 Å². The van der Waals surface area contributed by atoms with Crippen LogP contribution in [0.2, 0.25) is 0 Å². The highest BCUT2D eigenvalue weighted by atomic mass is 16.5. The summed E-state index contributed by atoms with van der Waals surface area (Å²) >= 11 is 0. The molecule has 2 heterocycles. The number of aromatic nitrogens is 2. The number of rotatable bonds is 7. The van der Waals surface area contributed by atoms with Gasteiger partial charge in [-0.3, -0.25) is 0 Å². The van der Waals surface area contributed by atoms with Crippen LogP contribution < -0.4 is 10.6 Å². The molecule has 2 rings (SSSR count). The third-order valence-corrected chi connectivity index (χ3v) is 3.89. The standard InChI is InChI=1S/C16H28N4O/c1-4-14-19-15(17-5-2)12(3)16(20-14)18-10-9-13-8-6-7-11-21-13/h13H,4-11H2,1-3H3,(H2,17,18,19,20). The van der Waals surface area contributed by atoms with Crippen LogP contribution in [0.25, 0.3) is 0 Å². The van der Waals surface area contributed by atoms with E-state index in [4.69, 9.17) is 4.74 Å². The zero-order valence-corrected chi connectivity index (χ0v) is 13.5. The molecule has 1 unspecified atom stereocenters. The van der Waals surface area contributed by atoms with Crippen LogP contribution in [0.3, 0.4) is 0 Å². The number of hydrogen-bond donors (Lipinski definition) is 2. The third kappa shape index (κ3) is 4.56. The molecule has 0 saturated carbocycles. The number of nitrogens with one attached hydrogen (secondary N) is 2. The molecule has 0 aromatic carbocycles. The summed E-state index contributed by atoms with van der Waals surface area (Å²) in [6.07, 6.45) is 5.99. The molecule has 21 heavy (non-hydrogen) atoms. The van der Waals surface area contributed by atoms with Crippen molar-refractivity contribution >= 4 is 11.6 Å². The summed E-state index contributed by atoms with van der Waals surface area (Å²) < 4.78 is 5.77. The van der Waals surface area contributed by atoms with E-state index in [0.29, 0.717) is 6.10 Å². The zero-order valence-electron chi connectivity index (χ0n) is 13.5. The van der Waals surface area contributed by atoms with E-state index in [2.05, 4.69) is 41.4 Å². The van der Waals surface area contributed by atoms with Crippen LogP contribution in [-0.2, 0) is 11.2 Å². The second-order valence-corrected chi connectivity index (χ2v) is 5.55. The lowest BCUT2D eigenvalue weighted by molar-refractivity contribution is 0.0134. The van der Waals surface area contributed by atoms with Crippen molar-refractivity contribution in [2.24, 2.45) is 0 Å². The summed E-state index contributed by atoms with van der Waals surface area (Å²) in [5.74, 6) is 2.78. The molecule has 1 aliphatic rings. The molecule has 1 fully saturated rings. The van der Waals surface area contributed by atoms with Crippen molar-refractivity contribution in [3.05, 3.63) is 11.4 Å². The highest BCUT2D eigenvalue weighted by Gasteiger charge is 2.14. The highest BCUT2D eigenvalue weighted by Crippen LogP contribution is 2.21. The van der Waals surface area contributed by atoms with Crippen LogP contribution in [0.4, 0.5) is 11.6 Å². The molecular weight excluding hydrogens is 264 g/mol. The second-order valence-electron chi connectivity index (χ2n) is 5.55. The van der Waals surface area contributed by atoms with Crippen molar-refractivity contribution in [3.63, 3.8) is 0 Å². The Morgan fingerprint density at radius 1 is 1.14 bits per heavy atom. The number of nitrogens with zero attached hydrogens (tertiary/aromatic N) is 2. The van der Waals surface area contributed by atoms with Gasteiger partial charge >= 0.3 is 0 Å². The third-order valence-electron chi connectivity index (χ3n) is 3.89. The molecular formula is C16H28N4O. The molecule has 5 heteroatoms. The van der Waals surface area contributed by atoms with Crippen molar-refractivity contribution in [3.8, 4) is 0 Å². The molecule has 1 saturated heterocycles. The van der Waals surface area contributed by atoms with Gasteiger partial charge in [-0.2, -0.15) is 0 Å². The molecule has 0 radical (unpaired) electrons. The smallest absolute Gasteiger partial charge is 0.134 e. The van der Waals surface area contributed by atoms with E-state index in [9.17, 15) is 0 Å². The summed E-state index contributed by atoms with van der Waals surface area (Å²) in [6, 6.07) is 0. The largest absolute Gasteiger partial charge is 0.378 e. The summed E-state index contributed by atoms with van der Waals surface area (Å²) in [6.45, 7) is 8.92. The molecule has 0 amide bonds. The summed E-state index contributed by atoms with van der Waals surface area (Å²) in [5, 5.41) is 6.78. The molecule has 1 aromatic heterocycles. The Labute approximate surface area is 127 Å². The average Bonchev–Trinajstić information content (AvgIpc) is 2.52. The lowest BCUT2D eigenvalue weighted by atomic mass is 10.1. The first-order valence-corrected chi connectivity index (χ1v) is 8.21. The summed E-state index contributed by atoms with van der Waals surface area (Å²) in [7, 11) is 0. The van der Waals surface area contributed by atoms with Crippen LogP contribution in [-0.4, -0.2) is 35.8 Å². The summed E-state index contributed by atoms with van der Waals surface area (Å²) in [5.41, 5.74) is 1.10. The van der Waals surface area contributed by atoms with Crippen molar-refractivity contribution in [1.29, 1.82) is 0 Å². The van der Waals surface area contributed by atoms with Gasteiger partial charge in [-0.15, -0.1) is 0 Å². The predicted molar refractivity (Wildman–Crippen MR) is 87.0 cm³/mol. The number of aryl methyl sites for hydroxylation is 1. The Morgan fingerprint density at radius 2 is 1.90 bits per heavy atom. The lowest BCUT2D eigenvalue weighted by Crippen LogP contribution is -2.22. The molecule has 0 bridgehead atoms. The maximum Gasteiger partial charge on any atom is 0.134 e. The van der Waals surface area contributed by atoms with E-state index in [1.807, 2.05) is 0 Å². The van der Waals surface area contributed by atoms with E-state index in [1.54, 1.807) is 0 Å². The monoisotopic (exact) mass is 292 g/mol. The van der Waals surface area contributed by atoms with Gasteiger partial charge in [0.25, 0.3) is 0 Å². The van der Waals surface area contributed by atoms with E-state index in [-0.39, 0.29) is 0 Å². The first kappa shape index (κ1) is 16.0. The van der Waals surface area contributed by atoms with Gasteiger partial charge in [0.05, 0.1) is 6.10 Å². The van der Waals surface area contributed by atoms with E-state index < -0.39 is 0 Å². The van der Waals surface area contributed by atoms with Gasteiger partial charge in [0.2, 0.25) is 0 Å². The Morgan fingerprint density at radius 3 is 2.52 bits per heavy atom. The van der Waals surface area contributed by atoms with Gasteiger partial charge in [0.15, 0.2) is 0 Å². The minimum atomic E-state index is 0.410. The molecule has 1 atom stereocenters. The topological polar surface area (TPSA) is 59.1 Å². The number of ether oxygens (including phenoxy) is 1. The van der Waals surface area contributed by atoms with Crippen LogP contribution in [0, 0.1) is 6.92 Å². The first-order valence-electron chi connectivity index (χ1n) is 8.21. The Bertz CT molecular complexity index is 444. The molecule has 1 aliphatic heterocycles. The van der Waals surface area contributed by atoms with Crippen molar-refractivity contribution in [2.75, 3.05) is 30.3 Å². The van der Waals surface area contributed by atoms with Crippen LogP contribution in [0.15, 0.2) is 0 Å². The van der Waals surface area contributed by atoms with E-state index in [1.165, 1.54) is 19.3 Å². The van der Waals surface area contributed by atoms with Crippen molar-refractivity contribution in [1.82, 2.24) is 9.97 Å². The van der Waals surface area contributed by atoms with Gasteiger partial charge < -0.3 is 15.4 Å². The SMILES string of the molecule is CCNc1nc(CC)nc(NCCC2CCCCO2)c1C. The maximum absolute atomic E-state index is 5.77. The molecule has 2 N–H and O–H groups in total. The second kappa shape index (κ2) is 8.17. The Kier molecular flexibility index (Phi) is 6.23. The minimum absolute atomic E-state index is 0.410. The van der Waals surface area contributed by atoms with Crippen LogP contribution in [0.1, 0.15) is 50.9 Å². The predicted octanol–water partition coefficient (Wildman–Crippen LogP) is 3.15. The maximum atomic E-state index is 5.77. The van der Waals surface area contributed by atoms with Gasteiger partial charge in [0.1, 0.15) is 17.5 Å². The fraction of sp³-hybridized carbons (Fsp3) is 0.750. The number of hydrogen-bond acceptors (Lipinski definition) is 5. The Hall–Kier alpha value is -1.36. The fourth-order valence-corrected chi connectivity index (χ4v) is 2.62. The highest BCUT2D eigenvalue weighted by molar-refractivity contribution is 5.57. The molecule has 1 aromatic rings. The van der Waals surface area contributed by atoms with Crippen molar-refractivity contribution < 1.29 is 4.74 Å². The zero-order chi connectivity index (χ0) is 15.1. The lowest BCUT2D eigenvalue weighted by Gasteiger charge is -2.23. The number of anilines is 2. The first-order chi connectivity index (χ1) is 10.2. The van der Waals surface area contributed by atoms with E-state index in [0.717, 1.165) is 55.6 Å². The quantitative estimate of drug-likeness (QED) is 0.808. The van der Waals surface area contributed by atoms with Crippen LogP contribution in [0.5, 0.6) is 0 Å². The molecule has 118 valence electrons.